The van der Waals surface area contributed by atoms with Gasteiger partial charge in [0.2, 0.25) is 0 Å². The fraction of sp³-hybridized carbons (Fsp3) is 0.333. The molecule has 0 atom stereocenters. The van der Waals surface area contributed by atoms with Crippen LogP contribution < -0.4 is 5.32 Å². The van der Waals surface area contributed by atoms with E-state index in [0.717, 1.165) is 10.8 Å². The van der Waals surface area contributed by atoms with E-state index < -0.39 is 0 Å². The molecule has 0 fully saturated rings. The molecule has 0 bridgehead atoms. The molecule has 0 unspecified atom stereocenters. The summed E-state index contributed by atoms with van der Waals surface area (Å²) in [5.41, 5.74) is 0.705. The van der Waals surface area contributed by atoms with Crippen molar-refractivity contribution in [3.63, 3.8) is 0 Å². The molecule has 0 aliphatic rings. The first-order chi connectivity index (χ1) is 5.74. The van der Waals surface area contributed by atoms with Gasteiger partial charge < -0.3 is 5.32 Å². The third kappa shape index (κ3) is 2.50. The number of benzene rings is 1. The topological polar surface area (TPSA) is 12.0 Å². The summed E-state index contributed by atoms with van der Waals surface area (Å²) in [6, 6.07) is 5.16. The average molecular weight is 185 g/mol. The van der Waals surface area contributed by atoms with E-state index in [4.69, 9.17) is 0 Å². The fourth-order valence-corrected chi connectivity index (χ4v) is 1.60. The van der Waals surface area contributed by atoms with E-state index in [1.54, 1.807) is 24.8 Å². The molecule has 0 aliphatic carbocycles. The molecule has 1 aromatic carbocycles. The zero-order valence-electron chi connectivity index (χ0n) is 7.23. The maximum Gasteiger partial charge on any atom is 0.126 e. The molecule has 0 radical (unpaired) electrons. The van der Waals surface area contributed by atoms with Crippen LogP contribution in [0.2, 0.25) is 0 Å². The first kappa shape index (κ1) is 9.55. The minimum absolute atomic E-state index is 0.135. The summed E-state index contributed by atoms with van der Waals surface area (Å²) in [5.74, 6) is 0.717. The van der Waals surface area contributed by atoms with Crippen molar-refractivity contribution in [2.45, 2.75) is 11.8 Å². The van der Waals surface area contributed by atoms with Crippen LogP contribution in [0, 0.1) is 12.7 Å². The zero-order valence-corrected chi connectivity index (χ0v) is 8.04. The normalized spacial score (nSPS) is 10.2. The molecular formula is C9H12FNS. The highest BCUT2D eigenvalue weighted by Crippen LogP contribution is 2.19. The monoisotopic (exact) mass is 185 g/mol. The van der Waals surface area contributed by atoms with E-state index in [2.05, 4.69) is 5.32 Å². The van der Waals surface area contributed by atoms with Gasteiger partial charge in [-0.05, 0) is 37.7 Å². The SMILES string of the molecule is CNCSc1ccc(F)c(C)c1. The Morgan fingerprint density at radius 3 is 2.83 bits per heavy atom. The Labute approximate surface area is 76.4 Å². The summed E-state index contributed by atoms with van der Waals surface area (Å²) < 4.78 is 12.8. The number of hydrogen-bond donors (Lipinski definition) is 1. The van der Waals surface area contributed by atoms with Gasteiger partial charge >= 0.3 is 0 Å². The summed E-state index contributed by atoms with van der Waals surface area (Å²) in [4.78, 5) is 1.10. The Morgan fingerprint density at radius 1 is 1.50 bits per heavy atom. The second kappa shape index (κ2) is 4.48. The molecule has 1 aromatic rings. The van der Waals surface area contributed by atoms with Crippen LogP contribution in [-0.4, -0.2) is 12.9 Å². The molecule has 0 spiro atoms. The molecule has 0 heterocycles. The molecule has 12 heavy (non-hydrogen) atoms. The van der Waals surface area contributed by atoms with Gasteiger partial charge in [0.05, 0.1) is 0 Å². The number of halogens is 1. The summed E-state index contributed by atoms with van der Waals surface area (Å²) in [6.45, 7) is 1.78. The van der Waals surface area contributed by atoms with Gasteiger partial charge in [-0.1, -0.05) is 0 Å². The van der Waals surface area contributed by atoms with Crippen molar-refractivity contribution in [2.75, 3.05) is 12.9 Å². The smallest absolute Gasteiger partial charge is 0.126 e. The molecule has 1 rings (SSSR count). The largest absolute Gasteiger partial charge is 0.311 e. The molecular weight excluding hydrogens is 173 g/mol. The second-order valence-electron chi connectivity index (χ2n) is 2.55. The third-order valence-corrected chi connectivity index (χ3v) is 2.53. The number of aryl methyl sites for hydroxylation is 1. The number of nitrogens with one attached hydrogen (secondary N) is 1. The van der Waals surface area contributed by atoms with Gasteiger partial charge in [0.25, 0.3) is 0 Å². The fourth-order valence-electron chi connectivity index (χ4n) is 0.862. The Kier molecular flexibility index (Phi) is 3.56. The van der Waals surface area contributed by atoms with Crippen molar-refractivity contribution in [3.8, 4) is 0 Å². The van der Waals surface area contributed by atoms with Crippen molar-refractivity contribution in [1.29, 1.82) is 0 Å². The Hall–Kier alpha value is -0.540. The van der Waals surface area contributed by atoms with E-state index in [0.29, 0.717) is 5.56 Å². The minimum Gasteiger partial charge on any atom is -0.311 e. The molecule has 3 heteroatoms. The molecule has 0 aliphatic heterocycles. The molecule has 66 valence electrons. The van der Waals surface area contributed by atoms with Crippen LogP contribution in [0.1, 0.15) is 5.56 Å². The molecule has 0 saturated heterocycles. The van der Waals surface area contributed by atoms with E-state index in [1.165, 1.54) is 6.07 Å². The molecule has 0 saturated carbocycles. The zero-order chi connectivity index (χ0) is 8.97. The van der Waals surface area contributed by atoms with Crippen LogP contribution >= 0.6 is 11.8 Å². The lowest BCUT2D eigenvalue weighted by molar-refractivity contribution is 0.617. The van der Waals surface area contributed by atoms with Gasteiger partial charge in [-0.15, -0.1) is 11.8 Å². The van der Waals surface area contributed by atoms with Crippen LogP contribution in [0.5, 0.6) is 0 Å². The number of thioether (sulfide) groups is 1. The second-order valence-corrected chi connectivity index (χ2v) is 3.60. The molecule has 1 N–H and O–H groups in total. The van der Waals surface area contributed by atoms with Gasteiger partial charge in [-0.2, -0.15) is 0 Å². The lowest BCUT2D eigenvalue weighted by atomic mass is 10.2. The molecule has 0 amide bonds. The molecule has 1 nitrogen and oxygen atoms in total. The standard InChI is InChI=1S/C9H12FNS/c1-7-5-8(12-6-11-2)3-4-9(7)10/h3-5,11H,6H2,1-2H3. The number of hydrogen-bond acceptors (Lipinski definition) is 2. The van der Waals surface area contributed by atoms with E-state index in [9.17, 15) is 4.39 Å². The Morgan fingerprint density at radius 2 is 2.25 bits per heavy atom. The first-order valence-corrected chi connectivity index (χ1v) is 4.76. The van der Waals surface area contributed by atoms with Gasteiger partial charge in [0.15, 0.2) is 0 Å². The predicted molar refractivity (Wildman–Crippen MR) is 50.9 cm³/mol. The van der Waals surface area contributed by atoms with Crippen LogP contribution in [0.15, 0.2) is 23.1 Å². The van der Waals surface area contributed by atoms with Gasteiger partial charge in [-0.3, -0.25) is 0 Å². The Bertz CT molecular complexity index is 263. The van der Waals surface area contributed by atoms with Crippen molar-refractivity contribution in [3.05, 3.63) is 29.6 Å². The highest BCUT2D eigenvalue weighted by atomic mass is 32.2. The van der Waals surface area contributed by atoms with Crippen LogP contribution in [-0.2, 0) is 0 Å². The highest BCUT2D eigenvalue weighted by Gasteiger charge is 1.98. The quantitative estimate of drug-likeness (QED) is 0.573. The average Bonchev–Trinajstić information content (AvgIpc) is 2.07. The minimum atomic E-state index is -0.135. The van der Waals surface area contributed by atoms with Crippen LogP contribution in [0.3, 0.4) is 0 Å². The maximum absolute atomic E-state index is 12.8. The summed E-state index contributed by atoms with van der Waals surface area (Å²) in [5, 5.41) is 3.02. The van der Waals surface area contributed by atoms with Crippen molar-refractivity contribution in [2.24, 2.45) is 0 Å². The van der Waals surface area contributed by atoms with Gasteiger partial charge in [0.1, 0.15) is 5.82 Å². The highest BCUT2D eigenvalue weighted by molar-refractivity contribution is 7.99. The molecule has 0 aromatic heterocycles. The van der Waals surface area contributed by atoms with Gasteiger partial charge in [0, 0.05) is 10.8 Å². The van der Waals surface area contributed by atoms with Crippen molar-refractivity contribution >= 4 is 11.8 Å². The van der Waals surface area contributed by atoms with E-state index in [1.807, 2.05) is 13.1 Å². The summed E-state index contributed by atoms with van der Waals surface area (Å²) in [6.07, 6.45) is 0. The lowest BCUT2D eigenvalue weighted by Crippen LogP contribution is -2.02. The van der Waals surface area contributed by atoms with E-state index >= 15 is 0 Å². The predicted octanol–water partition coefficient (Wildman–Crippen LogP) is 2.40. The number of rotatable bonds is 3. The lowest BCUT2D eigenvalue weighted by Gasteiger charge is -2.02. The Balaban J connectivity index is 2.69. The van der Waals surface area contributed by atoms with Gasteiger partial charge in [-0.25, -0.2) is 4.39 Å². The maximum atomic E-state index is 12.8. The third-order valence-electron chi connectivity index (χ3n) is 1.51. The van der Waals surface area contributed by atoms with Crippen LogP contribution in [0.4, 0.5) is 4.39 Å². The summed E-state index contributed by atoms with van der Waals surface area (Å²) in [7, 11) is 1.89. The van der Waals surface area contributed by atoms with Crippen molar-refractivity contribution in [1.82, 2.24) is 5.32 Å². The first-order valence-electron chi connectivity index (χ1n) is 3.77. The summed E-state index contributed by atoms with van der Waals surface area (Å²) >= 11 is 1.67. The van der Waals surface area contributed by atoms with E-state index in [-0.39, 0.29) is 5.82 Å². The van der Waals surface area contributed by atoms with Crippen molar-refractivity contribution < 1.29 is 4.39 Å². The van der Waals surface area contributed by atoms with Crippen LogP contribution in [0.25, 0.3) is 0 Å².